The molecule has 3 heterocycles. The van der Waals surface area contributed by atoms with Gasteiger partial charge in [-0.1, -0.05) is 30.3 Å². The number of alkyl halides is 3. The molecule has 0 amide bonds. The van der Waals surface area contributed by atoms with Crippen molar-refractivity contribution in [2.75, 3.05) is 5.32 Å². The minimum Gasteiger partial charge on any atom is -0.323 e. The number of anilines is 2. The highest BCUT2D eigenvalue weighted by Crippen LogP contribution is 2.27. The topological polar surface area (TPSA) is 72.9 Å². The fourth-order valence-corrected chi connectivity index (χ4v) is 2.61. The Morgan fingerprint density at radius 3 is 2.56 bits per heavy atom. The van der Waals surface area contributed by atoms with Crippen LogP contribution in [-0.4, -0.2) is 29.4 Å². The SMILES string of the molecule is Cc1cc(Nc2ccn(Cc3ccccc3)n2)n2nc(C(F)(F)F)nc2n1. The van der Waals surface area contributed by atoms with Gasteiger partial charge >= 0.3 is 6.18 Å². The summed E-state index contributed by atoms with van der Waals surface area (Å²) in [5.74, 6) is -0.598. The van der Waals surface area contributed by atoms with Gasteiger partial charge in [-0.2, -0.15) is 27.8 Å². The second-order valence-corrected chi connectivity index (χ2v) is 5.94. The lowest BCUT2D eigenvalue weighted by Gasteiger charge is -2.06. The number of nitrogens with zero attached hydrogens (tertiary/aromatic N) is 6. The van der Waals surface area contributed by atoms with E-state index in [-0.39, 0.29) is 5.78 Å². The Bertz CT molecular complexity index is 1080. The van der Waals surface area contributed by atoms with Gasteiger partial charge in [0.05, 0.1) is 6.54 Å². The highest BCUT2D eigenvalue weighted by atomic mass is 19.4. The zero-order chi connectivity index (χ0) is 19.0. The molecule has 0 saturated heterocycles. The molecule has 0 atom stereocenters. The summed E-state index contributed by atoms with van der Waals surface area (Å²) in [5.41, 5.74) is 1.59. The summed E-state index contributed by atoms with van der Waals surface area (Å²) in [4.78, 5) is 7.46. The smallest absolute Gasteiger partial charge is 0.323 e. The molecule has 0 fully saturated rings. The van der Waals surface area contributed by atoms with Crippen molar-refractivity contribution in [3.05, 3.63) is 65.7 Å². The van der Waals surface area contributed by atoms with E-state index in [2.05, 4.69) is 25.5 Å². The van der Waals surface area contributed by atoms with Crippen molar-refractivity contribution in [1.29, 1.82) is 0 Å². The molecule has 1 aromatic carbocycles. The van der Waals surface area contributed by atoms with Crippen LogP contribution in [0.4, 0.5) is 24.8 Å². The van der Waals surface area contributed by atoms with Crippen LogP contribution in [0.25, 0.3) is 5.78 Å². The molecule has 0 saturated carbocycles. The number of benzene rings is 1. The molecule has 0 radical (unpaired) electrons. The van der Waals surface area contributed by atoms with Crippen LogP contribution in [0.1, 0.15) is 17.1 Å². The summed E-state index contributed by atoms with van der Waals surface area (Å²) in [5, 5.41) is 10.9. The van der Waals surface area contributed by atoms with Gasteiger partial charge in [0.25, 0.3) is 11.6 Å². The molecule has 4 rings (SSSR count). The van der Waals surface area contributed by atoms with Gasteiger partial charge in [-0.05, 0) is 12.5 Å². The van der Waals surface area contributed by atoms with Crippen LogP contribution in [0.2, 0.25) is 0 Å². The Morgan fingerprint density at radius 2 is 1.81 bits per heavy atom. The maximum atomic E-state index is 12.9. The fraction of sp³-hybridized carbons (Fsp3) is 0.176. The quantitative estimate of drug-likeness (QED) is 0.593. The van der Waals surface area contributed by atoms with Gasteiger partial charge in [0, 0.05) is 24.0 Å². The van der Waals surface area contributed by atoms with E-state index >= 15 is 0 Å². The van der Waals surface area contributed by atoms with Crippen LogP contribution in [-0.2, 0) is 12.7 Å². The Morgan fingerprint density at radius 1 is 1.04 bits per heavy atom. The van der Waals surface area contributed by atoms with Gasteiger partial charge in [-0.3, -0.25) is 4.68 Å². The van der Waals surface area contributed by atoms with E-state index in [0.29, 0.717) is 23.9 Å². The number of aromatic nitrogens is 6. The molecule has 7 nitrogen and oxygen atoms in total. The summed E-state index contributed by atoms with van der Waals surface area (Å²) >= 11 is 0. The predicted molar refractivity (Wildman–Crippen MR) is 91.6 cm³/mol. The first kappa shape index (κ1) is 17.0. The van der Waals surface area contributed by atoms with Crippen LogP contribution in [0.5, 0.6) is 0 Å². The third-order valence-electron chi connectivity index (χ3n) is 3.78. The maximum absolute atomic E-state index is 12.9. The lowest BCUT2D eigenvalue weighted by atomic mass is 10.2. The second-order valence-electron chi connectivity index (χ2n) is 5.94. The Labute approximate surface area is 151 Å². The highest BCUT2D eigenvalue weighted by molar-refractivity contribution is 5.55. The van der Waals surface area contributed by atoms with E-state index in [1.807, 2.05) is 30.3 Å². The number of hydrogen-bond acceptors (Lipinski definition) is 5. The molecule has 27 heavy (non-hydrogen) atoms. The van der Waals surface area contributed by atoms with Gasteiger partial charge in [0.1, 0.15) is 5.82 Å². The van der Waals surface area contributed by atoms with Crippen LogP contribution in [0.3, 0.4) is 0 Å². The van der Waals surface area contributed by atoms with Crippen molar-refractivity contribution in [1.82, 2.24) is 29.4 Å². The number of halogens is 3. The Balaban J connectivity index is 1.63. The minimum absolute atomic E-state index is 0.131. The third kappa shape index (κ3) is 3.59. The number of hydrogen-bond donors (Lipinski definition) is 1. The number of rotatable bonds is 4. The largest absolute Gasteiger partial charge is 0.453 e. The summed E-state index contributed by atoms with van der Waals surface area (Å²) in [6.07, 6.45) is -2.86. The maximum Gasteiger partial charge on any atom is 0.453 e. The summed E-state index contributed by atoms with van der Waals surface area (Å²) in [7, 11) is 0. The van der Waals surface area contributed by atoms with E-state index in [1.165, 1.54) is 0 Å². The average Bonchev–Trinajstić information content (AvgIpc) is 3.22. The van der Waals surface area contributed by atoms with Gasteiger partial charge in [0.2, 0.25) is 0 Å². The van der Waals surface area contributed by atoms with Crippen LogP contribution < -0.4 is 5.32 Å². The minimum atomic E-state index is -4.64. The second kappa shape index (κ2) is 6.38. The molecule has 0 aliphatic rings. The molecule has 0 bridgehead atoms. The summed E-state index contributed by atoms with van der Waals surface area (Å²) in [6.45, 7) is 2.25. The van der Waals surface area contributed by atoms with Crippen molar-refractivity contribution in [3.8, 4) is 0 Å². The zero-order valence-electron chi connectivity index (χ0n) is 14.1. The van der Waals surface area contributed by atoms with E-state index in [4.69, 9.17) is 0 Å². The van der Waals surface area contributed by atoms with E-state index in [9.17, 15) is 13.2 Å². The zero-order valence-corrected chi connectivity index (χ0v) is 14.1. The normalized spacial score (nSPS) is 11.9. The molecule has 1 N–H and O–H groups in total. The summed E-state index contributed by atoms with van der Waals surface area (Å²) < 4.78 is 41.4. The van der Waals surface area contributed by atoms with Crippen molar-refractivity contribution in [3.63, 3.8) is 0 Å². The van der Waals surface area contributed by atoms with Crippen molar-refractivity contribution < 1.29 is 13.2 Å². The van der Waals surface area contributed by atoms with Gasteiger partial charge in [-0.25, -0.2) is 4.98 Å². The molecule has 4 aromatic rings. The lowest BCUT2D eigenvalue weighted by molar-refractivity contribution is -0.144. The molecule has 0 aliphatic heterocycles. The standard InChI is InChI=1S/C17H14F3N7/c1-11-9-14(27-16(21-11)23-15(25-27)17(18,19)20)22-13-7-8-26(24-13)10-12-5-3-2-4-6-12/h2-9H,10H2,1H3,(H,22,24). The molecule has 138 valence electrons. The highest BCUT2D eigenvalue weighted by Gasteiger charge is 2.36. The molecule has 3 aromatic heterocycles. The molecule has 0 spiro atoms. The molecular formula is C17H14F3N7. The van der Waals surface area contributed by atoms with E-state index in [1.54, 1.807) is 29.9 Å². The van der Waals surface area contributed by atoms with Crippen LogP contribution in [0, 0.1) is 6.92 Å². The number of nitrogens with one attached hydrogen (secondary N) is 1. The predicted octanol–water partition coefficient (Wildman–Crippen LogP) is 3.44. The summed E-state index contributed by atoms with van der Waals surface area (Å²) in [6, 6.07) is 13.1. The van der Waals surface area contributed by atoms with Crippen molar-refractivity contribution in [2.45, 2.75) is 19.6 Å². The number of aryl methyl sites for hydroxylation is 1. The molecule has 0 unspecified atom stereocenters. The van der Waals surface area contributed by atoms with Gasteiger partial charge in [-0.15, -0.1) is 5.10 Å². The third-order valence-corrected chi connectivity index (χ3v) is 3.78. The van der Waals surface area contributed by atoms with E-state index < -0.39 is 12.0 Å². The Hall–Kier alpha value is -3.43. The lowest BCUT2D eigenvalue weighted by Crippen LogP contribution is -2.08. The fourth-order valence-electron chi connectivity index (χ4n) is 2.61. The first-order valence-electron chi connectivity index (χ1n) is 8.04. The van der Waals surface area contributed by atoms with E-state index in [0.717, 1.165) is 10.1 Å². The van der Waals surface area contributed by atoms with Crippen molar-refractivity contribution in [2.24, 2.45) is 0 Å². The molecule has 10 heteroatoms. The molecule has 0 aliphatic carbocycles. The number of fused-ring (bicyclic) bond motifs is 1. The van der Waals surface area contributed by atoms with Gasteiger partial charge < -0.3 is 5.32 Å². The Kier molecular flexibility index (Phi) is 4.02. The van der Waals surface area contributed by atoms with Gasteiger partial charge in [0.15, 0.2) is 5.82 Å². The molecular weight excluding hydrogens is 359 g/mol. The van der Waals surface area contributed by atoms with Crippen LogP contribution >= 0.6 is 0 Å². The first-order valence-corrected chi connectivity index (χ1v) is 8.04. The monoisotopic (exact) mass is 373 g/mol. The van der Waals surface area contributed by atoms with Crippen molar-refractivity contribution >= 4 is 17.4 Å². The average molecular weight is 373 g/mol. The van der Waals surface area contributed by atoms with Crippen LogP contribution in [0.15, 0.2) is 48.7 Å². The first-order chi connectivity index (χ1) is 12.9.